The van der Waals surface area contributed by atoms with Crippen LogP contribution in [0.15, 0.2) is 0 Å². The van der Waals surface area contributed by atoms with E-state index >= 15 is 0 Å². The zero-order chi connectivity index (χ0) is 11.2. The number of hydrogen-bond donors (Lipinski definition) is 0. The van der Waals surface area contributed by atoms with Crippen molar-refractivity contribution in [1.29, 1.82) is 0 Å². The largest absolute Gasteiger partial charge is 0.383 e. The first-order valence-corrected chi connectivity index (χ1v) is 7.03. The number of alkyl halides is 1. The molecular weight excluding hydrogens is 270 g/mol. The quantitative estimate of drug-likeness (QED) is 0.658. The van der Waals surface area contributed by atoms with Crippen molar-refractivity contribution in [3.63, 3.8) is 0 Å². The van der Waals surface area contributed by atoms with Crippen molar-refractivity contribution in [3.8, 4) is 0 Å². The number of rotatable bonds is 7. The molecule has 86 valence electrons. The molecule has 0 saturated carbocycles. The lowest BCUT2D eigenvalue weighted by molar-refractivity contribution is 0.195. The molecule has 0 amide bonds. The average Bonchev–Trinajstić information content (AvgIpc) is 2.04. The third-order valence-corrected chi connectivity index (χ3v) is 4.32. The maximum Gasteiger partial charge on any atom is 0.213 e. The Kier molecular flexibility index (Phi) is 6.93. The summed E-state index contributed by atoms with van der Waals surface area (Å²) in [4.78, 5) is 0.0455. The molecule has 0 heterocycles. The zero-order valence-corrected chi connectivity index (χ0v) is 11.3. The summed E-state index contributed by atoms with van der Waals surface area (Å²) in [6.07, 6.45) is 0.643. The fourth-order valence-electron chi connectivity index (χ4n) is 1.04. The Morgan fingerprint density at radius 2 is 2.07 bits per heavy atom. The summed E-state index contributed by atoms with van der Waals surface area (Å²) >= 11 is 3.35. The lowest BCUT2D eigenvalue weighted by Gasteiger charge is -2.19. The molecule has 0 saturated heterocycles. The minimum absolute atomic E-state index is 0.0455. The minimum Gasteiger partial charge on any atom is -0.383 e. The molecule has 0 radical (unpaired) electrons. The first kappa shape index (κ1) is 14.3. The Hall–Kier alpha value is 0.350. The van der Waals surface area contributed by atoms with Crippen LogP contribution < -0.4 is 0 Å². The van der Waals surface area contributed by atoms with Gasteiger partial charge in [0.1, 0.15) is 0 Å². The van der Waals surface area contributed by atoms with Gasteiger partial charge in [-0.3, -0.25) is 0 Å². The normalized spacial score (nSPS) is 14.6. The van der Waals surface area contributed by atoms with Crippen LogP contribution in [0, 0.1) is 0 Å². The number of methoxy groups -OCH3 is 1. The van der Waals surface area contributed by atoms with Gasteiger partial charge in [0.25, 0.3) is 0 Å². The molecule has 1 atom stereocenters. The van der Waals surface area contributed by atoms with E-state index in [1.54, 1.807) is 14.2 Å². The van der Waals surface area contributed by atoms with Gasteiger partial charge >= 0.3 is 0 Å². The summed E-state index contributed by atoms with van der Waals surface area (Å²) in [7, 11) is 0.108. The average molecular weight is 288 g/mol. The predicted octanol–water partition coefficient (Wildman–Crippen LogP) is 1.07. The second-order valence-corrected chi connectivity index (χ2v) is 6.64. The summed E-state index contributed by atoms with van der Waals surface area (Å²) in [5, 5.41) is 0. The van der Waals surface area contributed by atoms with Crippen molar-refractivity contribution in [1.82, 2.24) is 4.31 Å². The molecule has 0 bridgehead atoms. The van der Waals surface area contributed by atoms with Crippen molar-refractivity contribution in [2.24, 2.45) is 0 Å². The van der Waals surface area contributed by atoms with Gasteiger partial charge in [-0.15, -0.1) is 0 Å². The van der Waals surface area contributed by atoms with E-state index in [-0.39, 0.29) is 10.6 Å². The Morgan fingerprint density at radius 3 is 2.50 bits per heavy atom. The fourth-order valence-corrected chi connectivity index (χ4v) is 3.16. The van der Waals surface area contributed by atoms with Gasteiger partial charge in [-0.05, 0) is 6.42 Å². The van der Waals surface area contributed by atoms with Crippen LogP contribution in [0.3, 0.4) is 0 Å². The van der Waals surface area contributed by atoms with E-state index in [9.17, 15) is 8.42 Å². The lowest BCUT2D eigenvalue weighted by atomic mass is 10.4. The Labute approximate surface area is 94.8 Å². The summed E-state index contributed by atoms with van der Waals surface area (Å²) in [6, 6.07) is 0. The Bertz CT molecular complexity index is 243. The molecule has 0 aromatic rings. The van der Waals surface area contributed by atoms with Crippen LogP contribution in [-0.4, -0.2) is 50.6 Å². The molecule has 0 fully saturated rings. The number of sulfonamides is 1. The van der Waals surface area contributed by atoms with Gasteiger partial charge in [0.15, 0.2) is 0 Å². The molecular formula is C8H18BrNO3S. The van der Waals surface area contributed by atoms with Gasteiger partial charge in [0.05, 0.1) is 17.2 Å². The molecule has 0 rings (SSSR count). The van der Waals surface area contributed by atoms with Crippen LogP contribution in [-0.2, 0) is 14.8 Å². The maximum atomic E-state index is 11.5. The van der Waals surface area contributed by atoms with E-state index in [4.69, 9.17) is 4.74 Å². The van der Waals surface area contributed by atoms with E-state index in [1.165, 1.54) is 4.31 Å². The van der Waals surface area contributed by atoms with Crippen LogP contribution in [0.1, 0.15) is 13.3 Å². The highest BCUT2D eigenvalue weighted by molar-refractivity contribution is 9.09. The van der Waals surface area contributed by atoms with E-state index < -0.39 is 10.0 Å². The second-order valence-electron chi connectivity index (χ2n) is 3.15. The fraction of sp³-hybridized carbons (Fsp3) is 1.00. The molecule has 0 aliphatic rings. The molecule has 14 heavy (non-hydrogen) atoms. The molecule has 0 spiro atoms. The molecule has 4 nitrogen and oxygen atoms in total. The third-order valence-electron chi connectivity index (χ3n) is 1.74. The topological polar surface area (TPSA) is 46.6 Å². The standard InChI is InChI=1S/C8H18BrNO3S/c1-4-5-14(11,12)10(2)6-8(9)7-13-3/h8H,4-7H2,1-3H3. The van der Waals surface area contributed by atoms with Crippen molar-refractivity contribution in [2.75, 3.05) is 33.1 Å². The van der Waals surface area contributed by atoms with Crippen LogP contribution in [0.25, 0.3) is 0 Å². The summed E-state index contributed by atoms with van der Waals surface area (Å²) in [6.45, 7) is 2.80. The lowest BCUT2D eigenvalue weighted by Crippen LogP contribution is -2.35. The SMILES string of the molecule is CCCS(=O)(=O)N(C)CC(Br)COC. The van der Waals surface area contributed by atoms with Crippen LogP contribution in [0.5, 0.6) is 0 Å². The maximum absolute atomic E-state index is 11.5. The van der Waals surface area contributed by atoms with Crippen molar-refractivity contribution in [2.45, 2.75) is 18.2 Å². The molecule has 0 aliphatic heterocycles. The summed E-state index contributed by atoms with van der Waals surface area (Å²) in [5.74, 6) is 0.205. The highest BCUT2D eigenvalue weighted by Gasteiger charge is 2.19. The highest BCUT2D eigenvalue weighted by Crippen LogP contribution is 2.07. The first-order chi connectivity index (χ1) is 6.44. The van der Waals surface area contributed by atoms with Gasteiger partial charge in [-0.25, -0.2) is 12.7 Å². The monoisotopic (exact) mass is 287 g/mol. The number of ether oxygens (including phenoxy) is 1. The zero-order valence-electron chi connectivity index (χ0n) is 8.86. The molecule has 0 aromatic carbocycles. The van der Waals surface area contributed by atoms with E-state index in [1.807, 2.05) is 6.92 Å². The molecule has 0 N–H and O–H groups in total. The van der Waals surface area contributed by atoms with Crippen LogP contribution >= 0.6 is 15.9 Å². The Morgan fingerprint density at radius 1 is 1.50 bits per heavy atom. The predicted molar refractivity (Wildman–Crippen MR) is 61.3 cm³/mol. The molecule has 0 aliphatic carbocycles. The van der Waals surface area contributed by atoms with E-state index in [2.05, 4.69) is 15.9 Å². The van der Waals surface area contributed by atoms with Gasteiger partial charge in [0.2, 0.25) is 10.0 Å². The number of hydrogen-bond acceptors (Lipinski definition) is 3. The number of nitrogens with zero attached hydrogens (tertiary/aromatic N) is 1. The van der Waals surface area contributed by atoms with Gasteiger partial charge in [-0.2, -0.15) is 0 Å². The van der Waals surface area contributed by atoms with Gasteiger partial charge in [0, 0.05) is 20.7 Å². The van der Waals surface area contributed by atoms with Crippen molar-refractivity contribution < 1.29 is 13.2 Å². The van der Waals surface area contributed by atoms with Gasteiger partial charge < -0.3 is 4.74 Å². The van der Waals surface area contributed by atoms with E-state index in [0.29, 0.717) is 19.6 Å². The smallest absolute Gasteiger partial charge is 0.213 e. The highest BCUT2D eigenvalue weighted by atomic mass is 79.9. The summed E-state index contributed by atoms with van der Waals surface area (Å²) < 4.78 is 29.3. The first-order valence-electron chi connectivity index (χ1n) is 4.51. The van der Waals surface area contributed by atoms with Crippen LogP contribution in [0.4, 0.5) is 0 Å². The molecule has 0 aromatic heterocycles. The van der Waals surface area contributed by atoms with Crippen molar-refractivity contribution >= 4 is 26.0 Å². The molecule has 1 unspecified atom stereocenters. The Balaban J connectivity index is 4.12. The van der Waals surface area contributed by atoms with E-state index in [0.717, 1.165) is 0 Å². The third kappa shape index (κ3) is 5.29. The van der Waals surface area contributed by atoms with Crippen LogP contribution in [0.2, 0.25) is 0 Å². The number of halogens is 1. The summed E-state index contributed by atoms with van der Waals surface area (Å²) in [5.41, 5.74) is 0. The van der Waals surface area contributed by atoms with Gasteiger partial charge in [-0.1, -0.05) is 22.9 Å². The second kappa shape index (κ2) is 6.76. The minimum atomic E-state index is -3.08. The van der Waals surface area contributed by atoms with Crippen molar-refractivity contribution in [3.05, 3.63) is 0 Å². The molecule has 6 heteroatoms.